The van der Waals surface area contributed by atoms with Crippen molar-refractivity contribution < 1.29 is 22.4 Å². The van der Waals surface area contributed by atoms with Gasteiger partial charge in [0.1, 0.15) is 18.4 Å². The Hall–Kier alpha value is -3.43. The molecule has 0 saturated heterocycles. The maximum absolute atomic E-state index is 14.1. The van der Waals surface area contributed by atoms with Crippen molar-refractivity contribution >= 4 is 39.1 Å². The number of carbonyl (C=O) groups is 2. The molecule has 1 aliphatic carbocycles. The van der Waals surface area contributed by atoms with Crippen LogP contribution in [-0.2, 0) is 32.6 Å². The molecule has 3 aromatic rings. The number of halogens is 2. The molecule has 1 N–H and O–H groups in total. The molecule has 0 bridgehead atoms. The molecule has 0 aromatic heterocycles. The number of anilines is 1. The van der Waals surface area contributed by atoms with Gasteiger partial charge in [-0.15, -0.1) is 0 Å². The highest BCUT2D eigenvalue weighted by atomic mass is 35.5. The van der Waals surface area contributed by atoms with Crippen LogP contribution in [0, 0.1) is 5.82 Å². The average Bonchev–Trinajstić information content (AvgIpc) is 2.95. The highest BCUT2D eigenvalue weighted by molar-refractivity contribution is 7.92. The fourth-order valence-corrected chi connectivity index (χ4v) is 6.10. The van der Waals surface area contributed by atoms with Crippen LogP contribution in [0.3, 0.4) is 0 Å². The number of nitrogens with one attached hydrogen (secondary N) is 1. The molecule has 41 heavy (non-hydrogen) atoms. The van der Waals surface area contributed by atoms with Crippen LogP contribution in [0.4, 0.5) is 10.1 Å². The highest BCUT2D eigenvalue weighted by Gasteiger charge is 2.34. The van der Waals surface area contributed by atoms with Crippen molar-refractivity contribution in [3.05, 3.63) is 101 Å². The van der Waals surface area contributed by atoms with Crippen LogP contribution in [0.2, 0.25) is 5.02 Å². The van der Waals surface area contributed by atoms with E-state index in [1.165, 1.54) is 23.1 Å². The molecule has 0 aliphatic heterocycles. The van der Waals surface area contributed by atoms with Crippen molar-refractivity contribution in [2.24, 2.45) is 0 Å². The molecule has 1 saturated carbocycles. The number of hydrogen-bond acceptors (Lipinski definition) is 4. The zero-order valence-electron chi connectivity index (χ0n) is 23.0. The summed E-state index contributed by atoms with van der Waals surface area (Å²) in [7, 11) is -3.97. The van der Waals surface area contributed by atoms with Gasteiger partial charge in [-0.05, 0) is 54.3 Å². The predicted molar refractivity (Wildman–Crippen MR) is 160 cm³/mol. The highest BCUT2D eigenvalue weighted by Crippen LogP contribution is 2.23. The number of hydrogen-bond donors (Lipinski definition) is 1. The molecule has 0 spiro atoms. The monoisotopic (exact) mass is 599 g/mol. The second kappa shape index (κ2) is 14.0. The molecule has 7 nitrogen and oxygen atoms in total. The summed E-state index contributed by atoms with van der Waals surface area (Å²) in [5.74, 6) is -1.51. The smallest absolute Gasteiger partial charge is 0.244 e. The summed E-state index contributed by atoms with van der Waals surface area (Å²) in [4.78, 5) is 29.4. The lowest BCUT2D eigenvalue weighted by molar-refractivity contribution is -0.140. The Morgan fingerprint density at radius 2 is 1.63 bits per heavy atom. The van der Waals surface area contributed by atoms with Gasteiger partial charge in [0.05, 0.1) is 11.9 Å². The summed E-state index contributed by atoms with van der Waals surface area (Å²) >= 11 is 6.09. The summed E-state index contributed by atoms with van der Waals surface area (Å²) in [5, 5.41) is 3.68. The van der Waals surface area contributed by atoms with E-state index in [1.807, 2.05) is 30.3 Å². The molecule has 3 aromatic carbocycles. The fourth-order valence-electron chi connectivity index (χ4n) is 5.13. The number of rotatable bonds is 11. The van der Waals surface area contributed by atoms with Gasteiger partial charge in [-0.2, -0.15) is 0 Å². The van der Waals surface area contributed by atoms with E-state index in [0.29, 0.717) is 5.02 Å². The van der Waals surface area contributed by atoms with Gasteiger partial charge in [0.15, 0.2) is 0 Å². The van der Waals surface area contributed by atoms with Crippen molar-refractivity contribution in [2.45, 2.75) is 57.2 Å². The number of sulfonamides is 1. The summed E-state index contributed by atoms with van der Waals surface area (Å²) < 4.78 is 40.5. The van der Waals surface area contributed by atoms with Crippen molar-refractivity contribution in [1.29, 1.82) is 0 Å². The fraction of sp³-hybridized carbons (Fsp3) is 0.355. The van der Waals surface area contributed by atoms with Gasteiger partial charge in [0.25, 0.3) is 0 Å². The number of carbonyl (C=O) groups excluding carboxylic acids is 2. The minimum absolute atomic E-state index is 0.0156. The average molecular weight is 600 g/mol. The van der Waals surface area contributed by atoms with Gasteiger partial charge < -0.3 is 10.2 Å². The van der Waals surface area contributed by atoms with Gasteiger partial charge in [0.2, 0.25) is 21.8 Å². The first kappa shape index (κ1) is 30.5. The van der Waals surface area contributed by atoms with Crippen LogP contribution in [0.1, 0.15) is 43.2 Å². The lowest BCUT2D eigenvalue weighted by Crippen LogP contribution is -2.55. The van der Waals surface area contributed by atoms with E-state index in [-0.39, 0.29) is 30.6 Å². The van der Waals surface area contributed by atoms with Crippen LogP contribution >= 0.6 is 11.6 Å². The van der Waals surface area contributed by atoms with E-state index in [9.17, 15) is 22.4 Å². The zero-order chi connectivity index (χ0) is 29.4. The summed E-state index contributed by atoms with van der Waals surface area (Å²) in [6.07, 6.45) is 6.12. The maximum atomic E-state index is 14.1. The Kier molecular flexibility index (Phi) is 10.4. The molecule has 1 unspecified atom stereocenters. The quantitative estimate of drug-likeness (QED) is 0.323. The predicted octanol–water partition coefficient (Wildman–Crippen LogP) is 5.33. The van der Waals surface area contributed by atoms with Crippen molar-refractivity contribution in [3.63, 3.8) is 0 Å². The van der Waals surface area contributed by atoms with Crippen LogP contribution < -0.4 is 9.62 Å². The Labute approximate surface area is 246 Å². The summed E-state index contributed by atoms with van der Waals surface area (Å²) in [6.45, 7) is -0.551. The maximum Gasteiger partial charge on any atom is 0.244 e. The van der Waals surface area contributed by atoms with E-state index >= 15 is 0 Å². The van der Waals surface area contributed by atoms with E-state index < -0.39 is 34.3 Å². The molecular formula is C31H35ClFN3O4S. The van der Waals surface area contributed by atoms with E-state index in [2.05, 4.69) is 5.32 Å². The molecular weight excluding hydrogens is 565 g/mol. The van der Waals surface area contributed by atoms with Gasteiger partial charge >= 0.3 is 0 Å². The van der Waals surface area contributed by atoms with Gasteiger partial charge in [0, 0.05) is 24.0 Å². The lowest BCUT2D eigenvalue weighted by atomic mass is 9.94. The minimum atomic E-state index is -3.97. The SMILES string of the molecule is CS(=O)(=O)N(CC(=O)N(Cc1ccc(Cl)cc1)C(Cc1ccccc1)C(=O)NC1CCCCC1)c1cccc(F)c1. The van der Waals surface area contributed by atoms with E-state index in [0.717, 1.165) is 59.9 Å². The summed E-state index contributed by atoms with van der Waals surface area (Å²) in [5.41, 5.74) is 1.61. The largest absolute Gasteiger partial charge is 0.352 e. The molecule has 1 aliphatic rings. The van der Waals surface area contributed by atoms with Crippen LogP contribution in [0.15, 0.2) is 78.9 Å². The Morgan fingerprint density at radius 3 is 2.27 bits per heavy atom. The van der Waals surface area contributed by atoms with Crippen LogP contribution in [0.5, 0.6) is 0 Å². The second-order valence-corrected chi connectivity index (χ2v) is 12.8. The first-order valence-corrected chi connectivity index (χ1v) is 15.9. The molecule has 0 radical (unpaired) electrons. The molecule has 218 valence electrons. The van der Waals surface area contributed by atoms with E-state index in [4.69, 9.17) is 11.6 Å². The minimum Gasteiger partial charge on any atom is -0.352 e. The third-order valence-electron chi connectivity index (χ3n) is 7.26. The van der Waals surface area contributed by atoms with Gasteiger partial charge in [-0.25, -0.2) is 12.8 Å². The second-order valence-electron chi connectivity index (χ2n) is 10.4. The Bertz CT molecular complexity index is 1430. The van der Waals surface area contributed by atoms with Gasteiger partial charge in [-0.1, -0.05) is 79.4 Å². The molecule has 1 atom stereocenters. The third kappa shape index (κ3) is 8.78. The molecule has 1 fully saturated rings. The third-order valence-corrected chi connectivity index (χ3v) is 8.66. The molecule has 4 rings (SSSR count). The van der Waals surface area contributed by atoms with Crippen LogP contribution in [-0.4, -0.2) is 50.0 Å². The van der Waals surface area contributed by atoms with Crippen LogP contribution in [0.25, 0.3) is 0 Å². The normalized spacial score (nSPS) is 14.7. The Balaban J connectivity index is 1.71. The first-order valence-electron chi connectivity index (χ1n) is 13.7. The van der Waals surface area contributed by atoms with Crippen molar-refractivity contribution in [1.82, 2.24) is 10.2 Å². The molecule has 2 amide bonds. The van der Waals surface area contributed by atoms with Gasteiger partial charge in [-0.3, -0.25) is 13.9 Å². The number of amides is 2. The molecule has 10 heteroatoms. The summed E-state index contributed by atoms with van der Waals surface area (Å²) in [6, 6.07) is 20.5. The van der Waals surface area contributed by atoms with Crippen molar-refractivity contribution in [3.8, 4) is 0 Å². The topological polar surface area (TPSA) is 86.8 Å². The number of benzene rings is 3. The number of nitrogens with zero attached hydrogens (tertiary/aromatic N) is 2. The molecule has 0 heterocycles. The van der Waals surface area contributed by atoms with E-state index in [1.54, 1.807) is 24.3 Å². The zero-order valence-corrected chi connectivity index (χ0v) is 24.6. The lowest BCUT2D eigenvalue weighted by Gasteiger charge is -2.35. The standard InChI is InChI=1S/C31H35ClFN3O4S/c1-41(39,40)36(28-14-8-11-26(33)20-28)22-30(37)35(21-24-15-17-25(32)18-16-24)29(19-23-9-4-2-5-10-23)31(38)34-27-12-6-3-7-13-27/h2,4-5,8-11,14-18,20,27,29H,3,6-7,12-13,19,21-22H2,1H3,(H,34,38). The Morgan fingerprint density at radius 1 is 0.951 bits per heavy atom. The first-order chi connectivity index (χ1) is 19.6. The van der Waals surface area contributed by atoms with Crippen molar-refractivity contribution in [2.75, 3.05) is 17.1 Å².